The smallest absolute Gasteiger partial charge is 0.341 e. The fourth-order valence-corrected chi connectivity index (χ4v) is 3.79. The summed E-state index contributed by atoms with van der Waals surface area (Å²) < 4.78 is 28.0. The standard InChI is InChI=1S/C11H11ClO6S/c12-6-2-1-3-8(10(6)11(14)15)18-9-5-19(16,17)4-7(9)13/h1-3,7,9,13H,4-5H2,(H,14,15). The van der Waals surface area contributed by atoms with Crippen LogP contribution < -0.4 is 4.74 Å². The molecule has 2 atom stereocenters. The number of benzene rings is 1. The molecule has 0 amide bonds. The van der Waals surface area contributed by atoms with E-state index in [1.807, 2.05) is 0 Å². The Bertz CT molecular complexity index is 612. The minimum atomic E-state index is -3.36. The lowest BCUT2D eigenvalue weighted by atomic mass is 10.2. The Kier molecular flexibility index (Phi) is 3.71. The molecule has 0 saturated carbocycles. The zero-order valence-corrected chi connectivity index (χ0v) is 11.2. The summed E-state index contributed by atoms with van der Waals surface area (Å²) in [4.78, 5) is 11.1. The molecule has 0 aromatic heterocycles. The fourth-order valence-electron chi connectivity index (χ4n) is 1.88. The number of halogens is 1. The molecule has 0 aliphatic carbocycles. The van der Waals surface area contributed by atoms with Gasteiger partial charge in [0.2, 0.25) is 0 Å². The highest BCUT2D eigenvalue weighted by Crippen LogP contribution is 2.29. The second-order valence-electron chi connectivity index (χ2n) is 4.22. The molecule has 0 spiro atoms. The molecular formula is C11H11ClO6S. The minimum Gasteiger partial charge on any atom is -0.486 e. The number of ether oxygens (including phenoxy) is 1. The second kappa shape index (κ2) is 4.99. The Morgan fingerprint density at radius 2 is 2.05 bits per heavy atom. The molecule has 1 aromatic rings. The third kappa shape index (κ3) is 2.99. The maximum absolute atomic E-state index is 11.3. The quantitative estimate of drug-likeness (QED) is 0.847. The van der Waals surface area contributed by atoms with Crippen molar-refractivity contribution >= 4 is 27.4 Å². The van der Waals surface area contributed by atoms with Crippen LogP contribution in [0, 0.1) is 0 Å². The summed E-state index contributed by atoms with van der Waals surface area (Å²) in [5.74, 6) is -2.07. The lowest BCUT2D eigenvalue weighted by Crippen LogP contribution is -2.30. The molecule has 1 aliphatic rings. The Morgan fingerprint density at radius 3 is 2.58 bits per heavy atom. The van der Waals surface area contributed by atoms with Gasteiger partial charge in [0.15, 0.2) is 9.84 Å². The van der Waals surface area contributed by atoms with Crippen LogP contribution in [0.25, 0.3) is 0 Å². The normalized spacial score (nSPS) is 25.2. The van der Waals surface area contributed by atoms with Crippen molar-refractivity contribution in [1.29, 1.82) is 0 Å². The average molecular weight is 307 g/mol. The zero-order valence-electron chi connectivity index (χ0n) is 9.61. The van der Waals surface area contributed by atoms with E-state index in [-0.39, 0.29) is 27.8 Å². The zero-order chi connectivity index (χ0) is 14.2. The first-order valence-corrected chi connectivity index (χ1v) is 7.57. The average Bonchev–Trinajstić information content (AvgIpc) is 2.51. The van der Waals surface area contributed by atoms with Gasteiger partial charge in [0.1, 0.15) is 23.5 Å². The number of hydrogen-bond acceptors (Lipinski definition) is 5. The summed E-state index contributed by atoms with van der Waals surface area (Å²) >= 11 is 5.76. The van der Waals surface area contributed by atoms with Crippen molar-refractivity contribution in [3.05, 3.63) is 28.8 Å². The number of carboxylic acids is 1. The van der Waals surface area contributed by atoms with Gasteiger partial charge in [0.05, 0.1) is 16.5 Å². The maximum Gasteiger partial charge on any atom is 0.341 e. The number of rotatable bonds is 3. The lowest BCUT2D eigenvalue weighted by Gasteiger charge is -2.17. The molecule has 2 unspecified atom stereocenters. The van der Waals surface area contributed by atoms with Crippen molar-refractivity contribution in [2.45, 2.75) is 12.2 Å². The summed E-state index contributed by atoms with van der Waals surface area (Å²) in [6.45, 7) is 0. The van der Waals surface area contributed by atoms with E-state index in [9.17, 15) is 18.3 Å². The Morgan fingerprint density at radius 1 is 1.37 bits per heavy atom. The molecule has 1 fully saturated rings. The van der Waals surface area contributed by atoms with Crippen molar-refractivity contribution in [2.24, 2.45) is 0 Å². The number of aliphatic hydroxyl groups excluding tert-OH is 1. The van der Waals surface area contributed by atoms with E-state index in [4.69, 9.17) is 21.4 Å². The van der Waals surface area contributed by atoms with Gasteiger partial charge in [0.25, 0.3) is 0 Å². The largest absolute Gasteiger partial charge is 0.486 e. The molecule has 0 bridgehead atoms. The van der Waals surface area contributed by atoms with Crippen molar-refractivity contribution < 1.29 is 28.2 Å². The number of aliphatic hydroxyl groups is 1. The van der Waals surface area contributed by atoms with Gasteiger partial charge in [0, 0.05) is 0 Å². The van der Waals surface area contributed by atoms with Gasteiger partial charge in [-0.1, -0.05) is 17.7 Å². The van der Waals surface area contributed by atoms with Crippen LogP contribution in [0.4, 0.5) is 0 Å². The van der Waals surface area contributed by atoms with E-state index >= 15 is 0 Å². The Labute approximate surface area is 114 Å². The first kappa shape index (κ1) is 14.1. The Balaban J connectivity index is 2.30. The summed E-state index contributed by atoms with van der Waals surface area (Å²) in [5.41, 5.74) is -0.249. The molecule has 8 heteroatoms. The predicted octanol–water partition coefficient (Wildman–Crippen LogP) is 0.575. The molecule has 19 heavy (non-hydrogen) atoms. The van der Waals surface area contributed by atoms with Crippen LogP contribution in [0.15, 0.2) is 18.2 Å². The fraction of sp³-hybridized carbons (Fsp3) is 0.364. The minimum absolute atomic E-state index is 0.0136. The summed E-state index contributed by atoms with van der Waals surface area (Å²) in [5, 5.41) is 18.6. The second-order valence-corrected chi connectivity index (χ2v) is 6.78. The van der Waals surface area contributed by atoms with Crippen molar-refractivity contribution in [2.75, 3.05) is 11.5 Å². The number of hydrogen-bond donors (Lipinski definition) is 2. The third-order valence-corrected chi connectivity index (χ3v) is 4.74. The molecule has 104 valence electrons. The molecule has 1 saturated heterocycles. The van der Waals surface area contributed by atoms with Gasteiger partial charge < -0.3 is 14.9 Å². The molecule has 2 N–H and O–H groups in total. The molecule has 2 rings (SSSR count). The van der Waals surface area contributed by atoms with Crippen LogP contribution in [-0.4, -0.2) is 48.3 Å². The van der Waals surface area contributed by atoms with Crippen LogP contribution in [0.5, 0.6) is 5.75 Å². The van der Waals surface area contributed by atoms with Gasteiger partial charge in [-0.05, 0) is 12.1 Å². The monoisotopic (exact) mass is 306 g/mol. The van der Waals surface area contributed by atoms with Gasteiger partial charge in [-0.3, -0.25) is 0 Å². The molecule has 0 radical (unpaired) electrons. The van der Waals surface area contributed by atoms with Crippen LogP contribution in [0.2, 0.25) is 5.02 Å². The molecule has 1 aliphatic heterocycles. The van der Waals surface area contributed by atoms with Crippen LogP contribution >= 0.6 is 11.6 Å². The summed E-state index contributed by atoms with van der Waals surface area (Å²) in [7, 11) is -3.36. The molecule has 1 heterocycles. The van der Waals surface area contributed by atoms with Crippen LogP contribution in [0.3, 0.4) is 0 Å². The van der Waals surface area contributed by atoms with Crippen molar-refractivity contribution in [3.8, 4) is 5.75 Å². The molecule has 1 aromatic carbocycles. The van der Waals surface area contributed by atoms with Crippen LogP contribution in [0.1, 0.15) is 10.4 Å². The molecule has 6 nitrogen and oxygen atoms in total. The topological polar surface area (TPSA) is 101 Å². The molecular weight excluding hydrogens is 296 g/mol. The van der Waals surface area contributed by atoms with Gasteiger partial charge in [-0.25, -0.2) is 13.2 Å². The maximum atomic E-state index is 11.3. The summed E-state index contributed by atoms with van der Waals surface area (Å²) in [6.07, 6.45) is -2.16. The van der Waals surface area contributed by atoms with Crippen molar-refractivity contribution in [3.63, 3.8) is 0 Å². The van der Waals surface area contributed by atoms with Gasteiger partial charge >= 0.3 is 5.97 Å². The number of sulfone groups is 1. The highest BCUT2D eigenvalue weighted by molar-refractivity contribution is 7.91. The number of carboxylic acid groups (broad SMARTS) is 1. The van der Waals surface area contributed by atoms with E-state index in [2.05, 4.69) is 0 Å². The van der Waals surface area contributed by atoms with Crippen LogP contribution in [-0.2, 0) is 9.84 Å². The highest BCUT2D eigenvalue weighted by Gasteiger charge is 2.38. The van der Waals surface area contributed by atoms with E-state index in [0.29, 0.717) is 0 Å². The lowest BCUT2D eigenvalue weighted by molar-refractivity contribution is 0.0636. The third-order valence-electron chi connectivity index (χ3n) is 2.74. The highest BCUT2D eigenvalue weighted by atomic mass is 35.5. The summed E-state index contributed by atoms with van der Waals surface area (Å²) in [6, 6.07) is 4.24. The SMILES string of the molecule is O=C(O)c1c(Cl)cccc1OC1CS(=O)(=O)CC1O. The van der Waals surface area contributed by atoms with E-state index < -0.39 is 28.0 Å². The Hall–Kier alpha value is -1.31. The predicted molar refractivity (Wildman–Crippen MR) is 67.5 cm³/mol. The first-order valence-electron chi connectivity index (χ1n) is 5.37. The van der Waals surface area contributed by atoms with E-state index in [1.54, 1.807) is 0 Å². The van der Waals surface area contributed by atoms with E-state index in [1.165, 1.54) is 18.2 Å². The van der Waals surface area contributed by atoms with Gasteiger partial charge in [-0.15, -0.1) is 0 Å². The first-order chi connectivity index (χ1) is 8.80. The number of carbonyl (C=O) groups is 1. The van der Waals surface area contributed by atoms with Gasteiger partial charge in [-0.2, -0.15) is 0 Å². The van der Waals surface area contributed by atoms with Crippen molar-refractivity contribution in [1.82, 2.24) is 0 Å². The van der Waals surface area contributed by atoms with E-state index in [0.717, 1.165) is 0 Å². The number of aromatic carboxylic acids is 1.